The number of benzene rings is 1. The molecule has 2 aliphatic rings. The Kier molecular flexibility index (Phi) is 4.27. The van der Waals surface area contributed by atoms with Crippen LogP contribution in [0.3, 0.4) is 0 Å². The number of hydrogen-bond donors (Lipinski definition) is 3. The highest BCUT2D eigenvalue weighted by molar-refractivity contribution is 5.91. The fourth-order valence-electron chi connectivity index (χ4n) is 4.08. The fraction of sp³-hybridized carbons (Fsp3) is 0.588. The highest BCUT2D eigenvalue weighted by Crippen LogP contribution is 2.49. The smallest absolute Gasteiger partial charge is 0.224 e. The Bertz CT molecular complexity index is 529. The highest BCUT2D eigenvalue weighted by Gasteiger charge is 2.40. The zero-order valence-electron chi connectivity index (χ0n) is 12.2. The number of anilines is 1. The number of aliphatic hydroxyl groups excluding tert-OH is 2. The first-order valence-electron chi connectivity index (χ1n) is 7.83. The van der Waals surface area contributed by atoms with Crippen molar-refractivity contribution in [2.45, 2.75) is 45.3 Å². The van der Waals surface area contributed by atoms with E-state index in [0.29, 0.717) is 29.2 Å². The molecule has 0 spiro atoms. The van der Waals surface area contributed by atoms with Crippen LogP contribution in [0.5, 0.6) is 0 Å². The molecular weight excluding hydrogens is 266 g/mol. The molecule has 1 aromatic carbocycles. The first-order chi connectivity index (χ1) is 10.2. The second-order valence-corrected chi connectivity index (χ2v) is 6.49. The van der Waals surface area contributed by atoms with E-state index in [0.717, 1.165) is 11.8 Å². The zero-order valence-corrected chi connectivity index (χ0v) is 12.2. The largest absolute Gasteiger partial charge is 0.392 e. The molecule has 1 aromatic rings. The summed E-state index contributed by atoms with van der Waals surface area (Å²) in [5.74, 6) is 2.23. The summed E-state index contributed by atoms with van der Waals surface area (Å²) in [6, 6.07) is 5.27. The standard InChI is InChI=1S/C17H23NO3/c19-9-13-3-4-16(7-15(13)10-20)18-17(21)8-14-6-11-1-2-12(14)5-11/h3-4,7,11-12,14,19-20H,1-2,5-6,8-10H2,(H,18,21). The summed E-state index contributed by atoms with van der Waals surface area (Å²) in [7, 11) is 0. The molecule has 0 aromatic heterocycles. The Morgan fingerprint density at radius 3 is 2.57 bits per heavy atom. The second kappa shape index (κ2) is 6.16. The van der Waals surface area contributed by atoms with Crippen LogP contribution in [0.1, 0.15) is 43.2 Å². The van der Waals surface area contributed by atoms with Gasteiger partial charge in [0.15, 0.2) is 0 Å². The maximum absolute atomic E-state index is 12.2. The Balaban J connectivity index is 1.59. The molecule has 0 saturated heterocycles. The summed E-state index contributed by atoms with van der Waals surface area (Å²) < 4.78 is 0. The Labute approximate surface area is 125 Å². The van der Waals surface area contributed by atoms with Gasteiger partial charge in [-0.1, -0.05) is 12.5 Å². The fourth-order valence-corrected chi connectivity index (χ4v) is 4.08. The van der Waals surface area contributed by atoms with Crippen LogP contribution in [0, 0.1) is 17.8 Å². The molecule has 4 nitrogen and oxygen atoms in total. The van der Waals surface area contributed by atoms with Gasteiger partial charge in [-0.25, -0.2) is 0 Å². The van der Waals surface area contributed by atoms with Crippen molar-refractivity contribution in [2.24, 2.45) is 17.8 Å². The lowest BCUT2D eigenvalue weighted by Gasteiger charge is -2.21. The molecule has 1 amide bonds. The number of aliphatic hydroxyl groups is 2. The molecule has 3 N–H and O–H groups in total. The number of carbonyl (C=O) groups excluding carboxylic acids is 1. The van der Waals surface area contributed by atoms with Crippen molar-refractivity contribution in [3.05, 3.63) is 29.3 Å². The van der Waals surface area contributed by atoms with Gasteiger partial charge in [-0.05, 0) is 60.3 Å². The number of carbonyl (C=O) groups is 1. The summed E-state index contributed by atoms with van der Waals surface area (Å²) in [6.45, 7) is -0.235. The van der Waals surface area contributed by atoms with Crippen molar-refractivity contribution in [3.63, 3.8) is 0 Å². The van der Waals surface area contributed by atoms with Gasteiger partial charge in [0.1, 0.15) is 0 Å². The van der Waals surface area contributed by atoms with Gasteiger partial charge in [-0.3, -0.25) is 4.79 Å². The molecule has 0 radical (unpaired) electrons. The minimum atomic E-state index is -0.133. The lowest BCUT2D eigenvalue weighted by molar-refractivity contribution is -0.117. The number of nitrogens with one attached hydrogen (secondary N) is 1. The molecule has 2 bridgehead atoms. The number of rotatable bonds is 5. The van der Waals surface area contributed by atoms with Crippen LogP contribution in [0.25, 0.3) is 0 Å². The van der Waals surface area contributed by atoms with Crippen molar-refractivity contribution in [1.29, 1.82) is 0 Å². The van der Waals surface area contributed by atoms with Crippen LogP contribution in [-0.4, -0.2) is 16.1 Å². The van der Waals surface area contributed by atoms with Crippen LogP contribution in [0.2, 0.25) is 0 Å². The molecule has 3 rings (SSSR count). The van der Waals surface area contributed by atoms with Crippen LogP contribution >= 0.6 is 0 Å². The molecule has 2 aliphatic carbocycles. The normalized spacial score (nSPS) is 27.0. The molecule has 3 unspecified atom stereocenters. The van der Waals surface area contributed by atoms with Gasteiger partial charge >= 0.3 is 0 Å². The topological polar surface area (TPSA) is 69.6 Å². The first kappa shape index (κ1) is 14.5. The van der Waals surface area contributed by atoms with E-state index in [1.807, 2.05) is 0 Å². The number of hydrogen-bond acceptors (Lipinski definition) is 3. The molecule has 21 heavy (non-hydrogen) atoms. The van der Waals surface area contributed by atoms with Crippen molar-refractivity contribution < 1.29 is 15.0 Å². The Morgan fingerprint density at radius 1 is 1.14 bits per heavy atom. The zero-order chi connectivity index (χ0) is 14.8. The molecule has 4 heteroatoms. The number of amides is 1. The van der Waals surface area contributed by atoms with E-state index < -0.39 is 0 Å². The van der Waals surface area contributed by atoms with E-state index in [1.165, 1.54) is 25.7 Å². The molecule has 2 saturated carbocycles. The average Bonchev–Trinajstić information content (AvgIpc) is 3.09. The van der Waals surface area contributed by atoms with E-state index in [-0.39, 0.29) is 19.1 Å². The summed E-state index contributed by atoms with van der Waals surface area (Å²) in [4.78, 5) is 12.2. The minimum Gasteiger partial charge on any atom is -0.392 e. The van der Waals surface area contributed by atoms with Crippen molar-refractivity contribution in [3.8, 4) is 0 Å². The van der Waals surface area contributed by atoms with Crippen LogP contribution < -0.4 is 5.32 Å². The van der Waals surface area contributed by atoms with E-state index in [1.54, 1.807) is 18.2 Å². The van der Waals surface area contributed by atoms with Gasteiger partial charge in [0, 0.05) is 12.1 Å². The molecule has 0 aliphatic heterocycles. The van der Waals surface area contributed by atoms with Crippen molar-refractivity contribution in [1.82, 2.24) is 0 Å². The third kappa shape index (κ3) is 3.11. The molecule has 2 fully saturated rings. The van der Waals surface area contributed by atoms with Crippen molar-refractivity contribution in [2.75, 3.05) is 5.32 Å². The summed E-state index contributed by atoms with van der Waals surface area (Å²) in [6.07, 6.45) is 5.78. The van der Waals surface area contributed by atoms with Crippen LogP contribution in [-0.2, 0) is 18.0 Å². The third-order valence-corrected chi connectivity index (χ3v) is 5.16. The lowest BCUT2D eigenvalue weighted by Crippen LogP contribution is -2.20. The Hall–Kier alpha value is -1.39. The third-order valence-electron chi connectivity index (χ3n) is 5.16. The van der Waals surface area contributed by atoms with Crippen LogP contribution in [0.15, 0.2) is 18.2 Å². The molecular formula is C17H23NO3. The van der Waals surface area contributed by atoms with Gasteiger partial charge in [-0.2, -0.15) is 0 Å². The van der Waals surface area contributed by atoms with Crippen LogP contribution in [0.4, 0.5) is 5.69 Å². The lowest BCUT2D eigenvalue weighted by atomic mass is 9.86. The monoisotopic (exact) mass is 289 g/mol. The van der Waals surface area contributed by atoms with Gasteiger partial charge in [-0.15, -0.1) is 0 Å². The molecule has 114 valence electrons. The van der Waals surface area contributed by atoms with E-state index in [9.17, 15) is 15.0 Å². The average molecular weight is 289 g/mol. The van der Waals surface area contributed by atoms with Gasteiger partial charge in [0.25, 0.3) is 0 Å². The maximum atomic E-state index is 12.2. The quantitative estimate of drug-likeness (QED) is 0.779. The maximum Gasteiger partial charge on any atom is 0.224 e. The summed E-state index contributed by atoms with van der Waals surface area (Å²) >= 11 is 0. The molecule has 3 atom stereocenters. The highest BCUT2D eigenvalue weighted by atomic mass is 16.3. The first-order valence-corrected chi connectivity index (χ1v) is 7.83. The van der Waals surface area contributed by atoms with Gasteiger partial charge in [0.2, 0.25) is 5.91 Å². The van der Waals surface area contributed by atoms with E-state index >= 15 is 0 Å². The SMILES string of the molecule is O=C(CC1CC2CCC1C2)Nc1ccc(CO)c(CO)c1. The Morgan fingerprint density at radius 2 is 1.95 bits per heavy atom. The van der Waals surface area contributed by atoms with Crippen molar-refractivity contribution >= 4 is 11.6 Å². The summed E-state index contributed by atoms with van der Waals surface area (Å²) in [5, 5.41) is 21.4. The van der Waals surface area contributed by atoms with E-state index in [4.69, 9.17) is 0 Å². The van der Waals surface area contributed by atoms with E-state index in [2.05, 4.69) is 5.32 Å². The predicted molar refractivity (Wildman–Crippen MR) is 80.5 cm³/mol. The minimum absolute atomic E-state index is 0.0631. The predicted octanol–water partition coefficient (Wildman–Crippen LogP) is 2.44. The molecule has 0 heterocycles. The van der Waals surface area contributed by atoms with Gasteiger partial charge < -0.3 is 15.5 Å². The number of fused-ring (bicyclic) bond motifs is 2. The second-order valence-electron chi connectivity index (χ2n) is 6.49. The summed E-state index contributed by atoms with van der Waals surface area (Å²) in [5.41, 5.74) is 2.06. The van der Waals surface area contributed by atoms with Gasteiger partial charge in [0.05, 0.1) is 13.2 Å².